The van der Waals surface area contributed by atoms with Gasteiger partial charge in [-0.1, -0.05) is 6.92 Å². The van der Waals surface area contributed by atoms with Crippen LogP contribution in [0.15, 0.2) is 0 Å². The molecular weight excluding hydrogens is 262 g/mol. The topological polar surface area (TPSA) is 109 Å². The van der Waals surface area contributed by atoms with Crippen LogP contribution in [0.5, 0.6) is 0 Å². The summed E-state index contributed by atoms with van der Waals surface area (Å²) < 4.78 is 15.6. The molecule has 0 saturated heterocycles. The fourth-order valence-electron chi connectivity index (χ4n) is 1.08. The van der Waals surface area contributed by atoms with Crippen molar-refractivity contribution in [2.45, 2.75) is 20.3 Å². The molecule has 0 fully saturated rings. The Morgan fingerprint density at radius 3 is 1.80 bits per heavy atom. The quantitative estimate of drug-likeness (QED) is 0.418. The van der Waals surface area contributed by atoms with Crippen molar-refractivity contribution in [3.8, 4) is 0 Å². The SMILES string of the molecule is CCN.CCNC(=O)CCOCCOCCOCCN. The number of nitrogens with two attached hydrogens (primary N) is 2. The first-order valence-electron chi connectivity index (χ1n) is 7.12. The highest BCUT2D eigenvalue weighted by Crippen LogP contribution is 1.85. The Bertz CT molecular complexity index is 194. The maximum absolute atomic E-state index is 11.0. The van der Waals surface area contributed by atoms with E-state index in [1.807, 2.05) is 13.8 Å². The Morgan fingerprint density at radius 1 is 0.900 bits per heavy atom. The van der Waals surface area contributed by atoms with Crippen molar-refractivity contribution in [2.75, 3.05) is 59.3 Å². The third-order valence-corrected chi connectivity index (χ3v) is 1.85. The van der Waals surface area contributed by atoms with E-state index >= 15 is 0 Å². The largest absolute Gasteiger partial charge is 0.379 e. The minimum Gasteiger partial charge on any atom is -0.379 e. The molecule has 5 N–H and O–H groups in total. The monoisotopic (exact) mass is 293 g/mol. The summed E-state index contributed by atoms with van der Waals surface area (Å²) in [6, 6.07) is 0. The van der Waals surface area contributed by atoms with E-state index in [4.69, 9.17) is 25.7 Å². The summed E-state index contributed by atoms with van der Waals surface area (Å²) in [6.07, 6.45) is 0.396. The second-order valence-electron chi connectivity index (χ2n) is 3.74. The van der Waals surface area contributed by atoms with E-state index in [0.717, 1.165) is 6.54 Å². The zero-order valence-electron chi connectivity index (χ0n) is 12.9. The Labute approximate surface area is 122 Å². The molecule has 0 aliphatic rings. The van der Waals surface area contributed by atoms with Gasteiger partial charge < -0.3 is 31.0 Å². The molecule has 0 spiro atoms. The number of hydrogen-bond donors (Lipinski definition) is 3. The van der Waals surface area contributed by atoms with Gasteiger partial charge in [-0.2, -0.15) is 0 Å². The van der Waals surface area contributed by atoms with Crippen molar-refractivity contribution in [3.05, 3.63) is 0 Å². The van der Waals surface area contributed by atoms with Gasteiger partial charge in [0.1, 0.15) is 0 Å². The van der Waals surface area contributed by atoms with E-state index < -0.39 is 0 Å². The first-order valence-corrected chi connectivity index (χ1v) is 7.12. The third kappa shape index (κ3) is 22.5. The number of nitrogens with one attached hydrogen (secondary N) is 1. The van der Waals surface area contributed by atoms with Crippen molar-refractivity contribution in [3.63, 3.8) is 0 Å². The normalized spacial score (nSPS) is 9.80. The van der Waals surface area contributed by atoms with Gasteiger partial charge in [-0.05, 0) is 13.5 Å². The van der Waals surface area contributed by atoms with Crippen molar-refractivity contribution >= 4 is 5.91 Å². The number of ether oxygens (including phenoxy) is 3. The van der Waals surface area contributed by atoms with Crippen LogP contribution in [0.4, 0.5) is 0 Å². The van der Waals surface area contributed by atoms with Crippen molar-refractivity contribution in [1.82, 2.24) is 5.32 Å². The molecule has 0 saturated carbocycles. The van der Waals surface area contributed by atoms with Crippen molar-refractivity contribution < 1.29 is 19.0 Å². The molecular formula is C13H31N3O4. The lowest BCUT2D eigenvalue weighted by molar-refractivity contribution is -0.122. The zero-order chi connectivity index (χ0) is 15.5. The Hall–Kier alpha value is -0.730. The van der Waals surface area contributed by atoms with Crippen LogP contribution in [0.1, 0.15) is 20.3 Å². The lowest BCUT2D eigenvalue weighted by Crippen LogP contribution is -2.24. The van der Waals surface area contributed by atoms with E-state index in [1.54, 1.807) is 0 Å². The molecule has 122 valence electrons. The summed E-state index contributed by atoms with van der Waals surface area (Å²) in [5.74, 6) is 0.0172. The van der Waals surface area contributed by atoms with Gasteiger partial charge in [-0.25, -0.2) is 0 Å². The van der Waals surface area contributed by atoms with Gasteiger partial charge in [0.15, 0.2) is 0 Å². The highest BCUT2D eigenvalue weighted by atomic mass is 16.5. The van der Waals surface area contributed by atoms with Crippen LogP contribution in [0.25, 0.3) is 0 Å². The van der Waals surface area contributed by atoms with Crippen LogP contribution in [-0.4, -0.2) is 65.2 Å². The van der Waals surface area contributed by atoms with Crippen LogP contribution in [-0.2, 0) is 19.0 Å². The lowest BCUT2D eigenvalue weighted by atomic mass is 10.4. The van der Waals surface area contributed by atoms with Gasteiger partial charge >= 0.3 is 0 Å². The van der Waals surface area contributed by atoms with Crippen LogP contribution in [0.3, 0.4) is 0 Å². The van der Waals surface area contributed by atoms with Gasteiger partial charge in [0.2, 0.25) is 5.91 Å². The van der Waals surface area contributed by atoms with E-state index in [1.165, 1.54) is 0 Å². The molecule has 20 heavy (non-hydrogen) atoms. The number of rotatable bonds is 12. The summed E-state index contributed by atoms with van der Waals surface area (Å²) >= 11 is 0. The van der Waals surface area contributed by atoms with Crippen molar-refractivity contribution in [1.29, 1.82) is 0 Å². The summed E-state index contributed by atoms with van der Waals surface area (Å²) in [5, 5.41) is 2.70. The van der Waals surface area contributed by atoms with Crippen molar-refractivity contribution in [2.24, 2.45) is 11.5 Å². The average molecular weight is 293 g/mol. The van der Waals surface area contributed by atoms with E-state index in [0.29, 0.717) is 59.2 Å². The molecule has 0 unspecified atom stereocenters. The smallest absolute Gasteiger partial charge is 0.222 e. The number of carbonyl (C=O) groups is 1. The number of hydrogen-bond acceptors (Lipinski definition) is 6. The van der Waals surface area contributed by atoms with E-state index in [2.05, 4.69) is 5.32 Å². The summed E-state index contributed by atoms with van der Waals surface area (Å²) in [7, 11) is 0. The molecule has 0 aliphatic carbocycles. The Morgan fingerprint density at radius 2 is 1.35 bits per heavy atom. The van der Waals surface area contributed by atoms with Gasteiger partial charge in [0.25, 0.3) is 0 Å². The third-order valence-electron chi connectivity index (χ3n) is 1.85. The van der Waals surface area contributed by atoms with Crippen LogP contribution >= 0.6 is 0 Å². The first kappa shape index (κ1) is 21.6. The standard InChI is InChI=1S/C11H24N2O4.C2H7N/c1-2-13-11(14)3-5-15-7-9-17-10-8-16-6-4-12;1-2-3/h2-10,12H2,1H3,(H,13,14);2-3H2,1H3. The molecule has 0 rings (SSSR count). The van der Waals surface area contributed by atoms with Gasteiger partial charge in [0.05, 0.1) is 39.6 Å². The van der Waals surface area contributed by atoms with Crippen LogP contribution < -0.4 is 16.8 Å². The summed E-state index contributed by atoms with van der Waals surface area (Å²) in [4.78, 5) is 11.0. The molecule has 0 heterocycles. The molecule has 0 atom stereocenters. The molecule has 0 aliphatic heterocycles. The average Bonchev–Trinajstić information content (AvgIpc) is 2.42. The minimum absolute atomic E-state index is 0.0172. The fraction of sp³-hybridized carbons (Fsp3) is 0.923. The zero-order valence-corrected chi connectivity index (χ0v) is 12.9. The lowest BCUT2D eigenvalue weighted by Gasteiger charge is -2.06. The second kappa shape index (κ2) is 20.6. The Kier molecular flexibility index (Phi) is 22.2. The molecule has 0 aromatic rings. The molecule has 0 bridgehead atoms. The highest BCUT2D eigenvalue weighted by Gasteiger charge is 1.98. The Balaban J connectivity index is 0. The number of amides is 1. The molecule has 1 amide bonds. The van der Waals surface area contributed by atoms with Crippen LogP contribution in [0, 0.1) is 0 Å². The molecule has 0 aromatic carbocycles. The molecule has 7 nitrogen and oxygen atoms in total. The summed E-state index contributed by atoms with van der Waals surface area (Å²) in [6.45, 7) is 8.83. The predicted octanol–water partition coefficient (Wildman–Crippen LogP) is -0.514. The molecule has 0 radical (unpaired) electrons. The van der Waals surface area contributed by atoms with E-state index in [9.17, 15) is 4.79 Å². The predicted molar refractivity (Wildman–Crippen MR) is 79.5 cm³/mol. The van der Waals surface area contributed by atoms with E-state index in [-0.39, 0.29) is 5.91 Å². The van der Waals surface area contributed by atoms with Gasteiger partial charge in [-0.15, -0.1) is 0 Å². The summed E-state index contributed by atoms with van der Waals surface area (Å²) in [5.41, 5.74) is 10.1. The van der Waals surface area contributed by atoms with Gasteiger partial charge in [-0.3, -0.25) is 4.79 Å². The minimum atomic E-state index is 0.0172. The fourth-order valence-corrected chi connectivity index (χ4v) is 1.08. The maximum Gasteiger partial charge on any atom is 0.222 e. The molecule has 0 aromatic heterocycles. The van der Waals surface area contributed by atoms with Crippen LogP contribution in [0.2, 0.25) is 0 Å². The molecule has 7 heteroatoms. The maximum atomic E-state index is 11.0. The first-order chi connectivity index (χ1) is 9.72. The second-order valence-corrected chi connectivity index (χ2v) is 3.74. The highest BCUT2D eigenvalue weighted by molar-refractivity contribution is 5.75. The van der Waals surface area contributed by atoms with Gasteiger partial charge in [0, 0.05) is 19.5 Å². The number of carbonyl (C=O) groups excluding carboxylic acids is 1.